The molecule has 1 rings (SSSR count). The molecule has 0 aliphatic rings. The number of nitrogens with zero attached hydrogens (tertiary/aromatic N) is 1. The number of hydrogen-bond acceptors (Lipinski definition) is 3. The maximum Gasteiger partial charge on any atom is 0.213 e. The molecule has 0 aliphatic carbocycles. The third-order valence-electron chi connectivity index (χ3n) is 2.30. The zero-order valence-corrected chi connectivity index (χ0v) is 9.73. The first kappa shape index (κ1) is 12.0. The second kappa shape index (κ2) is 5.71. The van der Waals surface area contributed by atoms with Crippen LogP contribution in [0.2, 0.25) is 0 Å². The van der Waals surface area contributed by atoms with E-state index in [0.29, 0.717) is 5.88 Å². The summed E-state index contributed by atoms with van der Waals surface area (Å²) in [7, 11) is 0. The van der Waals surface area contributed by atoms with E-state index in [1.165, 1.54) is 0 Å². The van der Waals surface area contributed by atoms with E-state index in [9.17, 15) is 0 Å². The van der Waals surface area contributed by atoms with E-state index in [1.54, 1.807) is 6.20 Å². The van der Waals surface area contributed by atoms with Gasteiger partial charge in [-0.2, -0.15) is 0 Å². The Morgan fingerprint density at radius 3 is 2.60 bits per heavy atom. The van der Waals surface area contributed by atoms with Gasteiger partial charge in [0.2, 0.25) is 5.88 Å². The Balaban J connectivity index is 2.56. The number of nitrogens with two attached hydrogens (primary N) is 1. The minimum absolute atomic E-state index is 0.0274. The molecule has 1 aromatic heterocycles. The van der Waals surface area contributed by atoms with Crippen LogP contribution in [-0.2, 0) is 0 Å². The van der Waals surface area contributed by atoms with Gasteiger partial charge in [0.1, 0.15) is 0 Å². The summed E-state index contributed by atoms with van der Waals surface area (Å²) >= 11 is 0. The lowest BCUT2D eigenvalue weighted by molar-refractivity contribution is 0.201. The summed E-state index contributed by atoms with van der Waals surface area (Å²) in [5, 5.41) is 0. The zero-order chi connectivity index (χ0) is 11.3. The quantitative estimate of drug-likeness (QED) is 0.809. The number of hydrogen-bond donors (Lipinski definition) is 1. The van der Waals surface area contributed by atoms with E-state index in [2.05, 4.69) is 18.8 Å². The lowest BCUT2D eigenvalue weighted by Crippen LogP contribution is -2.12. The fourth-order valence-corrected chi connectivity index (χ4v) is 1.40. The first-order chi connectivity index (χ1) is 7.13. The molecule has 3 nitrogen and oxygen atoms in total. The second-order valence-corrected chi connectivity index (χ2v) is 3.94. The van der Waals surface area contributed by atoms with Crippen molar-refractivity contribution >= 4 is 0 Å². The molecule has 0 aliphatic heterocycles. The molecule has 2 unspecified atom stereocenters. The summed E-state index contributed by atoms with van der Waals surface area (Å²) in [5.41, 5.74) is 6.76. The van der Waals surface area contributed by atoms with Crippen molar-refractivity contribution in [1.82, 2.24) is 4.98 Å². The van der Waals surface area contributed by atoms with Crippen LogP contribution in [0, 0.1) is 0 Å². The molecule has 84 valence electrons. The molecule has 2 atom stereocenters. The lowest BCUT2D eigenvalue weighted by Gasteiger charge is -2.13. The van der Waals surface area contributed by atoms with Gasteiger partial charge in [-0.3, -0.25) is 0 Å². The minimum Gasteiger partial charge on any atom is -0.475 e. The molecular weight excluding hydrogens is 188 g/mol. The highest BCUT2D eigenvalue weighted by Crippen LogP contribution is 2.14. The molecule has 1 heterocycles. The van der Waals surface area contributed by atoms with Gasteiger partial charge in [0.25, 0.3) is 0 Å². The number of pyridine rings is 1. The highest BCUT2D eigenvalue weighted by atomic mass is 16.5. The fraction of sp³-hybridized carbons (Fsp3) is 0.583. The first-order valence-corrected chi connectivity index (χ1v) is 5.51. The summed E-state index contributed by atoms with van der Waals surface area (Å²) in [6.07, 6.45) is 4.18. The van der Waals surface area contributed by atoms with Crippen LogP contribution in [0.25, 0.3) is 0 Å². The Morgan fingerprint density at radius 1 is 1.40 bits per heavy atom. The summed E-state index contributed by atoms with van der Waals surface area (Å²) in [6, 6.07) is 3.87. The summed E-state index contributed by atoms with van der Waals surface area (Å²) in [6.45, 7) is 6.15. The van der Waals surface area contributed by atoms with Gasteiger partial charge < -0.3 is 10.5 Å². The Bertz CT molecular complexity index is 282. The van der Waals surface area contributed by atoms with Crippen LogP contribution in [0.1, 0.15) is 45.2 Å². The SMILES string of the molecule is CCCC(C)Oc1ccc(C(C)N)cn1. The van der Waals surface area contributed by atoms with Gasteiger partial charge in [0.05, 0.1) is 6.10 Å². The number of aromatic nitrogens is 1. The third kappa shape index (κ3) is 3.88. The number of ether oxygens (including phenoxy) is 1. The van der Waals surface area contributed by atoms with Crippen molar-refractivity contribution in [1.29, 1.82) is 0 Å². The molecule has 0 spiro atoms. The smallest absolute Gasteiger partial charge is 0.213 e. The average molecular weight is 208 g/mol. The second-order valence-electron chi connectivity index (χ2n) is 3.94. The molecule has 0 amide bonds. The topological polar surface area (TPSA) is 48.1 Å². The average Bonchev–Trinajstić information content (AvgIpc) is 2.18. The molecule has 0 saturated heterocycles. The summed E-state index contributed by atoms with van der Waals surface area (Å²) in [4.78, 5) is 4.22. The largest absolute Gasteiger partial charge is 0.475 e. The maximum absolute atomic E-state index is 5.73. The van der Waals surface area contributed by atoms with Gasteiger partial charge in [-0.05, 0) is 25.8 Å². The lowest BCUT2D eigenvalue weighted by atomic mass is 10.2. The Morgan fingerprint density at radius 2 is 2.13 bits per heavy atom. The molecule has 0 saturated carbocycles. The van der Waals surface area contributed by atoms with Gasteiger partial charge in [0.15, 0.2) is 0 Å². The van der Waals surface area contributed by atoms with Crippen LogP contribution in [0.4, 0.5) is 0 Å². The molecule has 0 fully saturated rings. The van der Waals surface area contributed by atoms with Crippen LogP contribution in [-0.4, -0.2) is 11.1 Å². The molecule has 0 aromatic carbocycles. The van der Waals surface area contributed by atoms with Crippen molar-refractivity contribution < 1.29 is 4.74 Å². The van der Waals surface area contributed by atoms with Crippen molar-refractivity contribution in [2.75, 3.05) is 0 Å². The first-order valence-electron chi connectivity index (χ1n) is 5.51. The normalized spacial score (nSPS) is 14.7. The van der Waals surface area contributed by atoms with Crippen LogP contribution in [0.3, 0.4) is 0 Å². The highest BCUT2D eigenvalue weighted by Gasteiger charge is 2.04. The molecule has 3 heteroatoms. The van der Waals surface area contributed by atoms with Crippen molar-refractivity contribution in [2.45, 2.75) is 45.8 Å². The standard InChI is InChI=1S/C12H20N2O/c1-4-5-9(2)15-12-7-6-11(8-14-12)10(3)13/h6-10H,4-5,13H2,1-3H3. The predicted molar refractivity (Wildman–Crippen MR) is 61.8 cm³/mol. The van der Waals surface area contributed by atoms with Crippen LogP contribution in [0.15, 0.2) is 18.3 Å². The Hall–Kier alpha value is -1.09. The van der Waals surface area contributed by atoms with E-state index in [0.717, 1.165) is 18.4 Å². The molecule has 2 N–H and O–H groups in total. The van der Waals surface area contributed by atoms with Gasteiger partial charge in [-0.25, -0.2) is 4.98 Å². The van der Waals surface area contributed by atoms with E-state index >= 15 is 0 Å². The van der Waals surface area contributed by atoms with Crippen molar-refractivity contribution in [2.24, 2.45) is 5.73 Å². The van der Waals surface area contributed by atoms with Crippen molar-refractivity contribution in [3.63, 3.8) is 0 Å². The van der Waals surface area contributed by atoms with Gasteiger partial charge in [-0.1, -0.05) is 19.4 Å². The zero-order valence-electron chi connectivity index (χ0n) is 9.73. The predicted octanol–water partition coefficient (Wildman–Crippen LogP) is 2.67. The highest BCUT2D eigenvalue weighted by molar-refractivity contribution is 5.20. The van der Waals surface area contributed by atoms with E-state index in [4.69, 9.17) is 10.5 Å². The number of rotatable bonds is 5. The van der Waals surface area contributed by atoms with E-state index < -0.39 is 0 Å². The molecule has 15 heavy (non-hydrogen) atoms. The maximum atomic E-state index is 5.73. The Kier molecular flexibility index (Phi) is 4.56. The monoisotopic (exact) mass is 208 g/mol. The molecule has 0 radical (unpaired) electrons. The minimum atomic E-state index is 0.0274. The molecule has 0 bridgehead atoms. The van der Waals surface area contributed by atoms with E-state index in [1.807, 2.05) is 19.1 Å². The summed E-state index contributed by atoms with van der Waals surface area (Å²) in [5.74, 6) is 0.681. The van der Waals surface area contributed by atoms with Gasteiger partial charge in [0, 0.05) is 18.3 Å². The van der Waals surface area contributed by atoms with E-state index in [-0.39, 0.29) is 12.1 Å². The van der Waals surface area contributed by atoms with Crippen LogP contribution < -0.4 is 10.5 Å². The van der Waals surface area contributed by atoms with Gasteiger partial charge >= 0.3 is 0 Å². The Labute approximate surface area is 91.7 Å². The van der Waals surface area contributed by atoms with Crippen molar-refractivity contribution in [3.05, 3.63) is 23.9 Å². The fourth-order valence-electron chi connectivity index (χ4n) is 1.40. The molecule has 1 aromatic rings. The van der Waals surface area contributed by atoms with Crippen molar-refractivity contribution in [3.8, 4) is 5.88 Å². The van der Waals surface area contributed by atoms with Crippen LogP contribution >= 0.6 is 0 Å². The van der Waals surface area contributed by atoms with Crippen LogP contribution in [0.5, 0.6) is 5.88 Å². The molecular formula is C12H20N2O. The summed E-state index contributed by atoms with van der Waals surface area (Å²) < 4.78 is 5.64. The third-order valence-corrected chi connectivity index (χ3v) is 2.30. The van der Waals surface area contributed by atoms with Gasteiger partial charge in [-0.15, -0.1) is 0 Å².